The maximum Gasteiger partial charge on any atom is 0.266 e. The van der Waals surface area contributed by atoms with E-state index in [-0.39, 0.29) is 0 Å². The van der Waals surface area contributed by atoms with Crippen molar-refractivity contribution in [1.29, 1.82) is 0 Å². The Hall–Kier alpha value is -2.43. The van der Waals surface area contributed by atoms with Crippen LogP contribution in [0.5, 0.6) is 5.75 Å². The van der Waals surface area contributed by atoms with Crippen molar-refractivity contribution in [2.45, 2.75) is 27.4 Å². The summed E-state index contributed by atoms with van der Waals surface area (Å²) < 4.78 is 13.8. The molecule has 2 aromatic heterocycles. The SMILES string of the molecule is Cc1cccc(COc2c(C)nn3c(-c4ccc(Cl)cc4Cl)c(C)oc23)c1. The van der Waals surface area contributed by atoms with Crippen LogP contribution in [-0.2, 0) is 6.61 Å². The molecule has 0 bridgehead atoms. The van der Waals surface area contributed by atoms with Crippen LogP contribution >= 0.6 is 23.2 Å². The van der Waals surface area contributed by atoms with Gasteiger partial charge in [0.1, 0.15) is 23.8 Å². The fraction of sp³-hybridized carbons (Fsp3) is 0.190. The van der Waals surface area contributed by atoms with Crippen LogP contribution in [0.2, 0.25) is 10.0 Å². The molecule has 2 aromatic carbocycles. The van der Waals surface area contributed by atoms with Crippen molar-refractivity contribution >= 4 is 28.9 Å². The molecule has 0 saturated heterocycles. The number of oxazole rings is 1. The molecule has 0 N–H and O–H groups in total. The second kappa shape index (κ2) is 6.95. The maximum atomic E-state index is 6.40. The van der Waals surface area contributed by atoms with Crippen LogP contribution in [0.15, 0.2) is 46.9 Å². The van der Waals surface area contributed by atoms with Gasteiger partial charge in [0, 0.05) is 10.6 Å². The van der Waals surface area contributed by atoms with Gasteiger partial charge in [-0.05, 0) is 44.5 Å². The molecule has 0 aliphatic rings. The zero-order valence-electron chi connectivity index (χ0n) is 15.2. The minimum Gasteiger partial charge on any atom is -0.482 e. The molecule has 0 unspecified atom stereocenters. The van der Waals surface area contributed by atoms with Crippen molar-refractivity contribution in [2.75, 3.05) is 0 Å². The Morgan fingerprint density at radius 1 is 1.07 bits per heavy atom. The third kappa shape index (κ3) is 3.31. The van der Waals surface area contributed by atoms with Crippen LogP contribution in [0.3, 0.4) is 0 Å². The Kier molecular flexibility index (Phi) is 4.62. The number of fused-ring (bicyclic) bond motifs is 1. The van der Waals surface area contributed by atoms with Crippen LogP contribution in [0.4, 0.5) is 0 Å². The largest absolute Gasteiger partial charge is 0.482 e. The van der Waals surface area contributed by atoms with Gasteiger partial charge in [-0.2, -0.15) is 9.61 Å². The predicted molar refractivity (Wildman–Crippen MR) is 108 cm³/mol. The van der Waals surface area contributed by atoms with Crippen molar-refractivity contribution < 1.29 is 9.15 Å². The van der Waals surface area contributed by atoms with E-state index in [4.69, 9.17) is 32.4 Å². The summed E-state index contributed by atoms with van der Waals surface area (Å²) >= 11 is 12.4. The Balaban J connectivity index is 1.75. The molecule has 2 heterocycles. The molecule has 0 fully saturated rings. The summed E-state index contributed by atoms with van der Waals surface area (Å²) in [5.41, 5.74) is 5.22. The molecule has 0 amide bonds. The molecule has 0 aliphatic carbocycles. The molecule has 138 valence electrons. The van der Waals surface area contributed by atoms with Crippen molar-refractivity contribution in [3.05, 3.63) is 75.1 Å². The Morgan fingerprint density at radius 3 is 2.63 bits per heavy atom. The summed E-state index contributed by atoms with van der Waals surface area (Å²) in [4.78, 5) is 0. The highest BCUT2D eigenvalue weighted by atomic mass is 35.5. The molecular formula is C21H18Cl2N2O2. The summed E-state index contributed by atoms with van der Waals surface area (Å²) in [5, 5.41) is 5.74. The topological polar surface area (TPSA) is 39.7 Å². The summed E-state index contributed by atoms with van der Waals surface area (Å²) in [6.07, 6.45) is 0. The van der Waals surface area contributed by atoms with Gasteiger partial charge in [-0.3, -0.25) is 0 Å². The van der Waals surface area contributed by atoms with E-state index >= 15 is 0 Å². The Bertz CT molecular complexity index is 1140. The first kappa shape index (κ1) is 18.0. The summed E-state index contributed by atoms with van der Waals surface area (Å²) in [5.74, 6) is 1.35. The molecular weight excluding hydrogens is 383 g/mol. The minimum atomic E-state index is 0.445. The van der Waals surface area contributed by atoms with Crippen molar-refractivity contribution in [3.8, 4) is 17.0 Å². The van der Waals surface area contributed by atoms with Crippen LogP contribution in [-0.4, -0.2) is 9.61 Å². The first-order valence-electron chi connectivity index (χ1n) is 8.56. The Morgan fingerprint density at radius 2 is 1.89 bits per heavy atom. The van der Waals surface area contributed by atoms with Gasteiger partial charge >= 0.3 is 0 Å². The lowest BCUT2D eigenvalue weighted by molar-refractivity contribution is 0.302. The average molecular weight is 401 g/mol. The molecule has 27 heavy (non-hydrogen) atoms. The van der Waals surface area contributed by atoms with Crippen LogP contribution < -0.4 is 4.74 Å². The van der Waals surface area contributed by atoms with E-state index in [9.17, 15) is 0 Å². The molecule has 4 rings (SSSR count). The molecule has 0 radical (unpaired) electrons. The number of aryl methyl sites for hydroxylation is 3. The average Bonchev–Trinajstić information content (AvgIpc) is 3.07. The van der Waals surface area contributed by atoms with Gasteiger partial charge in [0.25, 0.3) is 5.71 Å². The first-order chi connectivity index (χ1) is 12.9. The van der Waals surface area contributed by atoms with E-state index in [1.54, 1.807) is 16.6 Å². The van der Waals surface area contributed by atoms with Crippen LogP contribution in [0.25, 0.3) is 17.0 Å². The number of nitrogens with zero attached hydrogens (tertiary/aromatic N) is 2. The molecule has 6 heteroatoms. The predicted octanol–water partition coefficient (Wildman–Crippen LogP) is 6.41. The van der Waals surface area contributed by atoms with Gasteiger partial charge in [0.15, 0.2) is 0 Å². The zero-order chi connectivity index (χ0) is 19.1. The number of halogens is 2. The van der Waals surface area contributed by atoms with Gasteiger partial charge in [0.2, 0.25) is 5.75 Å². The highest BCUT2D eigenvalue weighted by Gasteiger charge is 2.22. The van der Waals surface area contributed by atoms with E-state index in [1.807, 2.05) is 32.0 Å². The van der Waals surface area contributed by atoms with E-state index in [2.05, 4.69) is 24.2 Å². The van der Waals surface area contributed by atoms with Crippen molar-refractivity contribution in [1.82, 2.24) is 9.61 Å². The Labute approximate surface area is 167 Å². The summed E-state index contributed by atoms with van der Waals surface area (Å²) in [6.45, 7) is 6.29. The molecule has 0 aliphatic heterocycles. The minimum absolute atomic E-state index is 0.445. The monoisotopic (exact) mass is 400 g/mol. The quantitative estimate of drug-likeness (QED) is 0.397. The molecule has 0 saturated carbocycles. The van der Waals surface area contributed by atoms with E-state index in [0.717, 1.165) is 22.5 Å². The zero-order valence-corrected chi connectivity index (χ0v) is 16.7. The van der Waals surface area contributed by atoms with Gasteiger partial charge < -0.3 is 9.15 Å². The van der Waals surface area contributed by atoms with Crippen molar-refractivity contribution in [2.24, 2.45) is 0 Å². The molecule has 4 aromatic rings. The second-order valence-electron chi connectivity index (χ2n) is 6.54. The lowest BCUT2D eigenvalue weighted by Gasteiger charge is -2.05. The van der Waals surface area contributed by atoms with E-state index < -0.39 is 0 Å². The third-order valence-corrected chi connectivity index (χ3v) is 4.96. The third-order valence-electron chi connectivity index (χ3n) is 4.41. The lowest BCUT2D eigenvalue weighted by atomic mass is 10.1. The van der Waals surface area contributed by atoms with Crippen LogP contribution in [0, 0.1) is 20.8 Å². The number of hydrogen-bond donors (Lipinski definition) is 0. The number of ether oxygens (including phenoxy) is 1. The van der Waals surface area contributed by atoms with Gasteiger partial charge in [-0.1, -0.05) is 53.0 Å². The summed E-state index contributed by atoms with van der Waals surface area (Å²) in [7, 11) is 0. The smallest absolute Gasteiger partial charge is 0.266 e. The number of benzene rings is 2. The number of hydrogen-bond acceptors (Lipinski definition) is 3. The number of aromatic nitrogens is 2. The fourth-order valence-electron chi connectivity index (χ4n) is 3.18. The van der Waals surface area contributed by atoms with E-state index in [1.165, 1.54) is 5.56 Å². The number of rotatable bonds is 4. The molecule has 0 spiro atoms. The normalized spacial score (nSPS) is 11.3. The lowest BCUT2D eigenvalue weighted by Crippen LogP contribution is -1.96. The van der Waals surface area contributed by atoms with Crippen molar-refractivity contribution in [3.63, 3.8) is 0 Å². The molecule has 4 nitrogen and oxygen atoms in total. The molecule has 0 atom stereocenters. The van der Waals surface area contributed by atoms with Crippen LogP contribution in [0.1, 0.15) is 22.6 Å². The first-order valence-corrected chi connectivity index (χ1v) is 9.32. The van der Waals surface area contributed by atoms with Gasteiger partial charge in [-0.25, -0.2) is 0 Å². The highest BCUT2D eigenvalue weighted by molar-refractivity contribution is 6.36. The summed E-state index contributed by atoms with van der Waals surface area (Å²) in [6, 6.07) is 13.6. The van der Waals surface area contributed by atoms with Gasteiger partial charge in [-0.15, -0.1) is 0 Å². The standard InChI is InChI=1S/C21H18Cl2N2O2/c1-12-5-4-6-15(9-12)11-26-20-13(2)24-25-19(14(3)27-21(20)25)17-8-7-16(22)10-18(17)23/h4-10H,11H2,1-3H3. The maximum absolute atomic E-state index is 6.40. The fourth-order valence-corrected chi connectivity index (χ4v) is 3.68. The second-order valence-corrected chi connectivity index (χ2v) is 7.38. The van der Waals surface area contributed by atoms with Gasteiger partial charge in [0.05, 0.1) is 5.02 Å². The highest BCUT2D eigenvalue weighted by Crippen LogP contribution is 2.37. The van der Waals surface area contributed by atoms with E-state index in [0.29, 0.717) is 33.9 Å².